The zero-order valence-electron chi connectivity index (χ0n) is 14.8. The van der Waals surface area contributed by atoms with Crippen LogP contribution >= 0.6 is 11.6 Å². The number of hydrogen-bond acceptors (Lipinski definition) is 3. The van der Waals surface area contributed by atoms with Gasteiger partial charge in [-0.15, -0.1) is 0 Å². The lowest BCUT2D eigenvalue weighted by Crippen LogP contribution is -3.08. The van der Waals surface area contributed by atoms with Gasteiger partial charge in [-0.05, 0) is 49.4 Å². The molecular weight excluding hydrogens is 340 g/mol. The highest BCUT2D eigenvalue weighted by Crippen LogP contribution is 2.21. The third kappa shape index (κ3) is 5.96. The Morgan fingerprint density at radius 2 is 1.92 bits per heavy atom. The van der Waals surface area contributed by atoms with Gasteiger partial charge in [0.15, 0.2) is 6.54 Å². The number of rotatable bonds is 8. The van der Waals surface area contributed by atoms with Gasteiger partial charge >= 0.3 is 0 Å². The van der Waals surface area contributed by atoms with Crippen LogP contribution in [0.25, 0.3) is 0 Å². The van der Waals surface area contributed by atoms with Crippen LogP contribution in [0.2, 0.25) is 5.02 Å². The maximum atomic E-state index is 12.2. The number of carbonyl (C=O) groups excluding carboxylic acids is 1. The molecule has 0 aliphatic heterocycles. The SMILES string of the molecule is CCOc1ccc(NC(=O)C[NH+](C)Cc2cc(Cl)ccc2OC)cc1. The monoisotopic (exact) mass is 363 g/mol. The van der Waals surface area contributed by atoms with Crippen molar-refractivity contribution >= 4 is 23.2 Å². The van der Waals surface area contributed by atoms with Crippen LogP contribution in [0.5, 0.6) is 11.5 Å². The predicted molar refractivity (Wildman–Crippen MR) is 99.7 cm³/mol. The van der Waals surface area contributed by atoms with Crippen LogP contribution in [0.4, 0.5) is 5.69 Å². The summed E-state index contributed by atoms with van der Waals surface area (Å²) in [5.74, 6) is 1.51. The maximum absolute atomic E-state index is 12.2. The molecule has 0 heterocycles. The summed E-state index contributed by atoms with van der Waals surface area (Å²) in [6.45, 7) is 3.53. The summed E-state index contributed by atoms with van der Waals surface area (Å²) in [7, 11) is 3.58. The van der Waals surface area contributed by atoms with E-state index in [1.807, 2.05) is 50.4 Å². The van der Waals surface area contributed by atoms with E-state index in [0.29, 0.717) is 24.7 Å². The van der Waals surface area contributed by atoms with E-state index in [-0.39, 0.29) is 5.91 Å². The number of quaternary nitrogens is 1. The summed E-state index contributed by atoms with van der Waals surface area (Å²) in [5.41, 5.74) is 1.72. The number of likely N-dealkylation sites (N-methyl/N-ethyl adjacent to an activating group) is 1. The fourth-order valence-electron chi connectivity index (χ4n) is 2.55. The Kier molecular flexibility index (Phi) is 7.10. The van der Waals surface area contributed by atoms with E-state index in [0.717, 1.165) is 27.6 Å². The highest BCUT2D eigenvalue weighted by molar-refractivity contribution is 6.30. The number of ether oxygens (including phenoxy) is 2. The Morgan fingerprint density at radius 1 is 1.20 bits per heavy atom. The first-order valence-electron chi connectivity index (χ1n) is 8.18. The molecule has 6 heteroatoms. The number of nitrogens with one attached hydrogen (secondary N) is 2. The summed E-state index contributed by atoms with van der Waals surface area (Å²) in [5, 5.41) is 3.55. The van der Waals surface area contributed by atoms with E-state index in [9.17, 15) is 4.79 Å². The second-order valence-corrected chi connectivity index (χ2v) is 6.21. The Labute approximate surface area is 153 Å². The molecule has 0 radical (unpaired) electrons. The molecule has 0 bridgehead atoms. The fraction of sp³-hybridized carbons (Fsp3) is 0.316. The van der Waals surface area contributed by atoms with Gasteiger partial charge in [0.05, 0.1) is 20.8 Å². The van der Waals surface area contributed by atoms with E-state index in [2.05, 4.69) is 5.32 Å². The largest absolute Gasteiger partial charge is 0.496 e. The lowest BCUT2D eigenvalue weighted by Gasteiger charge is -2.16. The van der Waals surface area contributed by atoms with Crippen molar-refractivity contribution in [3.63, 3.8) is 0 Å². The molecule has 0 saturated heterocycles. The second kappa shape index (κ2) is 9.30. The first kappa shape index (κ1) is 19.1. The molecule has 1 atom stereocenters. The lowest BCUT2D eigenvalue weighted by molar-refractivity contribution is -0.885. The van der Waals surface area contributed by atoms with E-state index < -0.39 is 0 Å². The molecule has 5 nitrogen and oxygen atoms in total. The number of carbonyl (C=O) groups is 1. The summed E-state index contributed by atoms with van der Waals surface area (Å²) in [6, 6.07) is 12.8. The van der Waals surface area contributed by atoms with Gasteiger partial charge in [-0.2, -0.15) is 0 Å². The summed E-state index contributed by atoms with van der Waals surface area (Å²) in [6.07, 6.45) is 0. The predicted octanol–water partition coefficient (Wildman–Crippen LogP) is 2.40. The molecule has 0 aromatic heterocycles. The standard InChI is InChI=1S/C19H23ClN2O3/c1-4-25-17-8-6-16(7-9-17)21-19(23)13-22(2)12-14-11-15(20)5-10-18(14)24-3/h5-11H,4,12-13H2,1-3H3,(H,21,23)/p+1. The maximum Gasteiger partial charge on any atom is 0.279 e. The molecule has 0 aliphatic carbocycles. The van der Waals surface area contributed by atoms with Gasteiger partial charge in [-0.1, -0.05) is 11.6 Å². The van der Waals surface area contributed by atoms with Crippen molar-refractivity contribution in [2.24, 2.45) is 0 Å². The van der Waals surface area contributed by atoms with E-state index in [1.165, 1.54) is 0 Å². The minimum Gasteiger partial charge on any atom is -0.496 e. The molecule has 1 unspecified atom stereocenters. The Balaban J connectivity index is 1.90. The molecule has 2 aromatic rings. The zero-order valence-corrected chi connectivity index (χ0v) is 15.5. The van der Waals surface area contributed by atoms with Crippen LogP contribution in [0.1, 0.15) is 12.5 Å². The smallest absolute Gasteiger partial charge is 0.279 e. The molecule has 0 spiro atoms. The van der Waals surface area contributed by atoms with Gasteiger partial charge in [-0.25, -0.2) is 0 Å². The van der Waals surface area contributed by atoms with Gasteiger partial charge < -0.3 is 19.7 Å². The number of amides is 1. The number of anilines is 1. The van der Waals surface area contributed by atoms with Crippen LogP contribution in [-0.4, -0.2) is 33.2 Å². The van der Waals surface area contributed by atoms with Crippen LogP contribution in [-0.2, 0) is 11.3 Å². The van der Waals surface area contributed by atoms with Crippen molar-refractivity contribution in [1.29, 1.82) is 0 Å². The third-order valence-corrected chi connectivity index (χ3v) is 3.88. The third-order valence-electron chi connectivity index (χ3n) is 3.65. The van der Waals surface area contributed by atoms with Gasteiger partial charge in [0.2, 0.25) is 0 Å². The number of hydrogen-bond donors (Lipinski definition) is 2. The molecular formula is C19H24ClN2O3+. The van der Waals surface area contributed by atoms with Crippen LogP contribution in [0, 0.1) is 0 Å². The summed E-state index contributed by atoms with van der Waals surface area (Å²) in [4.78, 5) is 13.3. The molecule has 2 aromatic carbocycles. The van der Waals surface area contributed by atoms with Crippen LogP contribution in [0.3, 0.4) is 0 Å². The molecule has 0 fully saturated rings. The molecule has 2 rings (SSSR count). The lowest BCUT2D eigenvalue weighted by atomic mass is 10.2. The second-order valence-electron chi connectivity index (χ2n) is 5.77. The summed E-state index contributed by atoms with van der Waals surface area (Å²) < 4.78 is 10.7. The molecule has 2 N–H and O–H groups in total. The van der Waals surface area contributed by atoms with E-state index in [1.54, 1.807) is 13.2 Å². The normalized spacial score (nSPS) is 11.7. The Morgan fingerprint density at radius 3 is 2.56 bits per heavy atom. The van der Waals surface area contributed by atoms with E-state index in [4.69, 9.17) is 21.1 Å². The minimum absolute atomic E-state index is 0.0531. The molecule has 25 heavy (non-hydrogen) atoms. The summed E-state index contributed by atoms with van der Waals surface area (Å²) >= 11 is 6.05. The highest BCUT2D eigenvalue weighted by Gasteiger charge is 2.14. The van der Waals surface area contributed by atoms with Crippen LogP contribution in [0.15, 0.2) is 42.5 Å². The zero-order chi connectivity index (χ0) is 18.2. The van der Waals surface area contributed by atoms with Crippen molar-refractivity contribution in [2.45, 2.75) is 13.5 Å². The number of benzene rings is 2. The first-order chi connectivity index (χ1) is 12.0. The number of methoxy groups -OCH3 is 1. The molecule has 134 valence electrons. The average Bonchev–Trinajstić information content (AvgIpc) is 2.57. The van der Waals surface area contributed by atoms with Crippen molar-refractivity contribution in [3.05, 3.63) is 53.1 Å². The minimum atomic E-state index is -0.0531. The topological polar surface area (TPSA) is 52.0 Å². The Bertz CT molecular complexity index is 704. The molecule has 0 saturated carbocycles. The van der Waals surface area contributed by atoms with E-state index >= 15 is 0 Å². The Hall–Kier alpha value is -2.24. The van der Waals surface area contributed by atoms with Crippen LogP contribution < -0.4 is 19.7 Å². The first-order valence-corrected chi connectivity index (χ1v) is 8.56. The highest BCUT2D eigenvalue weighted by atomic mass is 35.5. The fourth-order valence-corrected chi connectivity index (χ4v) is 2.75. The van der Waals surface area contributed by atoms with Gasteiger partial charge in [0, 0.05) is 16.3 Å². The molecule has 1 amide bonds. The van der Waals surface area contributed by atoms with Crippen molar-refractivity contribution < 1.29 is 19.2 Å². The van der Waals surface area contributed by atoms with Gasteiger partial charge in [0.25, 0.3) is 5.91 Å². The van der Waals surface area contributed by atoms with Crippen molar-refractivity contribution in [2.75, 3.05) is 32.6 Å². The van der Waals surface area contributed by atoms with Gasteiger partial charge in [0.1, 0.15) is 18.0 Å². The van der Waals surface area contributed by atoms with Gasteiger partial charge in [-0.3, -0.25) is 4.79 Å². The molecule has 0 aliphatic rings. The van der Waals surface area contributed by atoms with Crippen molar-refractivity contribution in [1.82, 2.24) is 0 Å². The number of halogens is 1. The average molecular weight is 364 g/mol. The van der Waals surface area contributed by atoms with Crippen molar-refractivity contribution in [3.8, 4) is 11.5 Å². The quantitative estimate of drug-likeness (QED) is 0.757.